The Bertz CT molecular complexity index is 336. The van der Waals surface area contributed by atoms with Crippen LogP contribution >= 0.6 is 0 Å². The van der Waals surface area contributed by atoms with Crippen molar-refractivity contribution in [1.82, 2.24) is 5.32 Å². The number of nitrogens with one attached hydrogen (secondary N) is 1. The molecule has 1 atom stereocenters. The van der Waals surface area contributed by atoms with E-state index >= 15 is 0 Å². The molecule has 0 spiro atoms. The molecule has 88 valence electrons. The van der Waals surface area contributed by atoms with Gasteiger partial charge in [-0.05, 0) is 24.0 Å². The molecule has 3 heteroatoms. The number of ether oxygens (including phenoxy) is 1. The van der Waals surface area contributed by atoms with Crippen LogP contribution in [-0.4, -0.2) is 24.9 Å². The fourth-order valence-corrected chi connectivity index (χ4v) is 1.86. The van der Waals surface area contributed by atoms with E-state index in [4.69, 9.17) is 4.74 Å². The van der Waals surface area contributed by atoms with Crippen molar-refractivity contribution < 1.29 is 9.84 Å². The molecule has 1 saturated carbocycles. The highest BCUT2D eigenvalue weighted by atomic mass is 16.5. The molecule has 2 rings (SSSR count). The van der Waals surface area contributed by atoms with Crippen LogP contribution in [0.15, 0.2) is 24.3 Å². The van der Waals surface area contributed by atoms with Gasteiger partial charge in [0.15, 0.2) is 0 Å². The minimum atomic E-state index is 0.0595. The van der Waals surface area contributed by atoms with Crippen molar-refractivity contribution in [3.05, 3.63) is 35.4 Å². The van der Waals surface area contributed by atoms with Gasteiger partial charge in [-0.3, -0.25) is 0 Å². The minimum absolute atomic E-state index is 0.0595. The zero-order chi connectivity index (χ0) is 11.4. The predicted molar refractivity (Wildman–Crippen MR) is 63.1 cm³/mol. The van der Waals surface area contributed by atoms with Crippen LogP contribution in [0.2, 0.25) is 0 Å². The molecule has 16 heavy (non-hydrogen) atoms. The topological polar surface area (TPSA) is 41.5 Å². The minimum Gasteiger partial charge on any atom is -0.394 e. The van der Waals surface area contributed by atoms with Gasteiger partial charge in [-0.2, -0.15) is 0 Å². The Morgan fingerprint density at radius 2 is 2.31 bits per heavy atom. The standard InChI is InChI=1S/C13H19NO2/c1-16-9-10-3-2-4-11(7-10)13(8-15)14-12-5-6-12/h2-4,7,12-15H,5-6,8-9H2,1H3. The maximum absolute atomic E-state index is 9.38. The highest BCUT2D eigenvalue weighted by Crippen LogP contribution is 2.24. The van der Waals surface area contributed by atoms with Gasteiger partial charge in [0.1, 0.15) is 0 Å². The van der Waals surface area contributed by atoms with Gasteiger partial charge in [0.2, 0.25) is 0 Å². The number of hydrogen-bond acceptors (Lipinski definition) is 3. The third kappa shape index (κ3) is 3.04. The van der Waals surface area contributed by atoms with Gasteiger partial charge >= 0.3 is 0 Å². The first-order valence-corrected chi connectivity index (χ1v) is 5.78. The second kappa shape index (κ2) is 5.43. The first-order valence-electron chi connectivity index (χ1n) is 5.78. The van der Waals surface area contributed by atoms with Crippen molar-refractivity contribution in [2.45, 2.75) is 31.5 Å². The molecule has 3 nitrogen and oxygen atoms in total. The highest BCUT2D eigenvalue weighted by molar-refractivity contribution is 5.26. The number of hydrogen-bond donors (Lipinski definition) is 2. The Labute approximate surface area is 96.4 Å². The Kier molecular flexibility index (Phi) is 3.93. The molecular weight excluding hydrogens is 202 g/mol. The lowest BCUT2D eigenvalue weighted by Gasteiger charge is -2.17. The fourth-order valence-electron chi connectivity index (χ4n) is 1.86. The summed E-state index contributed by atoms with van der Waals surface area (Å²) in [4.78, 5) is 0. The van der Waals surface area contributed by atoms with Gasteiger partial charge in [0.25, 0.3) is 0 Å². The average Bonchev–Trinajstić information content (AvgIpc) is 3.10. The molecule has 1 aromatic carbocycles. The molecule has 2 N–H and O–H groups in total. The summed E-state index contributed by atoms with van der Waals surface area (Å²) in [6.45, 7) is 0.766. The highest BCUT2D eigenvalue weighted by Gasteiger charge is 2.24. The summed E-state index contributed by atoms with van der Waals surface area (Å²) in [6.07, 6.45) is 2.46. The van der Waals surface area contributed by atoms with E-state index in [9.17, 15) is 5.11 Å². The Balaban J connectivity index is 2.06. The summed E-state index contributed by atoms with van der Waals surface area (Å²) >= 11 is 0. The normalized spacial score (nSPS) is 17.4. The van der Waals surface area contributed by atoms with Crippen LogP contribution in [0, 0.1) is 0 Å². The van der Waals surface area contributed by atoms with Gasteiger partial charge in [-0.25, -0.2) is 0 Å². The van der Waals surface area contributed by atoms with Crippen LogP contribution in [0.1, 0.15) is 30.0 Å². The lowest BCUT2D eigenvalue weighted by molar-refractivity contribution is 0.184. The van der Waals surface area contributed by atoms with E-state index < -0.39 is 0 Å². The van der Waals surface area contributed by atoms with Crippen LogP contribution in [0.3, 0.4) is 0 Å². The molecule has 0 amide bonds. The quantitative estimate of drug-likeness (QED) is 0.767. The van der Waals surface area contributed by atoms with Crippen LogP contribution in [0.4, 0.5) is 0 Å². The van der Waals surface area contributed by atoms with Crippen LogP contribution < -0.4 is 5.32 Å². The second-order valence-electron chi connectivity index (χ2n) is 4.35. The molecule has 1 aromatic rings. The lowest BCUT2D eigenvalue weighted by atomic mass is 10.0. The van der Waals surface area contributed by atoms with Crippen LogP contribution in [-0.2, 0) is 11.3 Å². The molecule has 0 radical (unpaired) electrons. The van der Waals surface area contributed by atoms with Crippen LogP contribution in [0.25, 0.3) is 0 Å². The first-order chi connectivity index (χ1) is 7.83. The lowest BCUT2D eigenvalue weighted by Crippen LogP contribution is -2.26. The molecule has 1 unspecified atom stereocenters. The summed E-state index contributed by atoms with van der Waals surface area (Å²) in [5, 5.41) is 12.8. The third-order valence-electron chi connectivity index (χ3n) is 2.86. The van der Waals surface area contributed by atoms with E-state index in [1.165, 1.54) is 12.8 Å². The monoisotopic (exact) mass is 221 g/mol. The summed E-state index contributed by atoms with van der Waals surface area (Å²) in [5.41, 5.74) is 2.29. The van der Waals surface area contributed by atoms with Gasteiger partial charge in [0.05, 0.1) is 19.3 Å². The summed E-state index contributed by atoms with van der Waals surface area (Å²) in [7, 11) is 1.69. The van der Waals surface area contributed by atoms with Gasteiger partial charge in [-0.15, -0.1) is 0 Å². The van der Waals surface area contributed by atoms with E-state index in [0.29, 0.717) is 12.6 Å². The van der Waals surface area contributed by atoms with Gasteiger partial charge in [-0.1, -0.05) is 24.3 Å². The van der Waals surface area contributed by atoms with Gasteiger partial charge < -0.3 is 15.2 Å². The fraction of sp³-hybridized carbons (Fsp3) is 0.538. The van der Waals surface area contributed by atoms with E-state index in [0.717, 1.165) is 11.1 Å². The zero-order valence-electron chi connectivity index (χ0n) is 9.65. The first kappa shape index (κ1) is 11.6. The maximum atomic E-state index is 9.38. The van der Waals surface area contributed by atoms with E-state index in [-0.39, 0.29) is 12.6 Å². The van der Waals surface area contributed by atoms with Crippen molar-refractivity contribution in [3.8, 4) is 0 Å². The maximum Gasteiger partial charge on any atom is 0.0713 e. The molecular formula is C13H19NO2. The summed E-state index contributed by atoms with van der Waals surface area (Å²) < 4.78 is 5.11. The predicted octanol–water partition coefficient (Wildman–Crippen LogP) is 1.62. The summed E-state index contributed by atoms with van der Waals surface area (Å²) in [6, 6.07) is 8.86. The van der Waals surface area contributed by atoms with Crippen molar-refractivity contribution in [1.29, 1.82) is 0 Å². The molecule has 1 fully saturated rings. The number of methoxy groups -OCH3 is 1. The third-order valence-corrected chi connectivity index (χ3v) is 2.86. The largest absolute Gasteiger partial charge is 0.394 e. The van der Waals surface area contributed by atoms with Crippen molar-refractivity contribution >= 4 is 0 Å². The second-order valence-corrected chi connectivity index (χ2v) is 4.35. The molecule has 0 bridgehead atoms. The molecule has 1 aliphatic rings. The molecule has 0 saturated heterocycles. The van der Waals surface area contributed by atoms with Crippen molar-refractivity contribution in [2.24, 2.45) is 0 Å². The van der Waals surface area contributed by atoms with Crippen LogP contribution in [0.5, 0.6) is 0 Å². The number of benzene rings is 1. The number of aliphatic hydroxyl groups excluding tert-OH is 1. The van der Waals surface area contributed by atoms with Crippen molar-refractivity contribution in [3.63, 3.8) is 0 Å². The Morgan fingerprint density at radius 1 is 1.50 bits per heavy atom. The van der Waals surface area contributed by atoms with E-state index in [2.05, 4.69) is 17.4 Å². The van der Waals surface area contributed by atoms with E-state index in [1.807, 2.05) is 12.1 Å². The van der Waals surface area contributed by atoms with Crippen molar-refractivity contribution in [2.75, 3.05) is 13.7 Å². The number of rotatable bonds is 6. The average molecular weight is 221 g/mol. The SMILES string of the molecule is COCc1cccc(C(CO)NC2CC2)c1. The zero-order valence-corrected chi connectivity index (χ0v) is 9.65. The molecule has 1 aliphatic carbocycles. The number of aliphatic hydroxyl groups is 1. The van der Waals surface area contributed by atoms with E-state index in [1.54, 1.807) is 7.11 Å². The molecule has 0 heterocycles. The molecule has 0 aromatic heterocycles. The smallest absolute Gasteiger partial charge is 0.0713 e. The summed E-state index contributed by atoms with van der Waals surface area (Å²) in [5.74, 6) is 0. The Hall–Kier alpha value is -0.900. The molecule has 0 aliphatic heterocycles. The Morgan fingerprint density at radius 3 is 2.94 bits per heavy atom. The van der Waals surface area contributed by atoms with Gasteiger partial charge in [0, 0.05) is 13.2 Å².